The molecule has 0 saturated carbocycles. The number of amides is 1. The molecule has 33 heavy (non-hydrogen) atoms. The number of carbonyl (C=O) groups excluding carboxylic acids is 1. The van der Waals surface area contributed by atoms with Gasteiger partial charge in [-0.1, -0.05) is 11.6 Å². The van der Waals surface area contributed by atoms with Crippen molar-refractivity contribution in [3.05, 3.63) is 58.7 Å². The number of ether oxygens (including phenoxy) is 3. The lowest BCUT2D eigenvalue weighted by molar-refractivity contribution is 0.0670. The summed E-state index contributed by atoms with van der Waals surface area (Å²) in [5.41, 5.74) is 1.44. The molecule has 1 atom stereocenters. The SMILES string of the molecule is COc1cc(C(=O)N(C/C(C)=C/c2ccc(F)cc2F)C2CCCNC2)cc(OC)c1OC. The first kappa shape index (κ1) is 24.5. The largest absolute Gasteiger partial charge is 0.493 e. The van der Waals surface area contributed by atoms with Gasteiger partial charge in [0.15, 0.2) is 11.5 Å². The number of benzene rings is 2. The van der Waals surface area contributed by atoms with Gasteiger partial charge in [-0.2, -0.15) is 0 Å². The Balaban J connectivity index is 1.95. The number of piperidine rings is 1. The Morgan fingerprint density at radius 3 is 2.36 bits per heavy atom. The first-order chi connectivity index (χ1) is 15.9. The van der Waals surface area contributed by atoms with Crippen LogP contribution in [0, 0.1) is 11.6 Å². The van der Waals surface area contributed by atoms with Crippen LogP contribution in [0.25, 0.3) is 6.08 Å². The molecule has 0 radical (unpaired) electrons. The zero-order valence-corrected chi connectivity index (χ0v) is 19.4. The van der Waals surface area contributed by atoms with E-state index in [1.54, 1.807) is 23.1 Å². The summed E-state index contributed by atoms with van der Waals surface area (Å²) in [6.45, 7) is 3.68. The maximum atomic E-state index is 14.1. The molecule has 1 N–H and O–H groups in total. The van der Waals surface area contributed by atoms with E-state index < -0.39 is 11.6 Å². The number of carbonyl (C=O) groups is 1. The Labute approximate surface area is 193 Å². The molecule has 0 spiro atoms. The number of methoxy groups -OCH3 is 3. The van der Waals surface area contributed by atoms with E-state index in [4.69, 9.17) is 14.2 Å². The van der Waals surface area contributed by atoms with Gasteiger partial charge in [0.1, 0.15) is 11.6 Å². The van der Waals surface area contributed by atoms with E-state index in [-0.39, 0.29) is 17.5 Å². The minimum atomic E-state index is -0.642. The molecule has 8 heteroatoms. The number of nitrogens with one attached hydrogen (secondary N) is 1. The van der Waals surface area contributed by atoms with Crippen molar-refractivity contribution in [2.75, 3.05) is 41.0 Å². The minimum Gasteiger partial charge on any atom is -0.493 e. The molecule has 1 aliphatic rings. The molecular weight excluding hydrogens is 430 g/mol. The summed E-state index contributed by atoms with van der Waals surface area (Å²) in [5.74, 6) is -0.281. The smallest absolute Gasteiger partial charge is 0.254 e. The Kier molecular flexibility index (Phi) is 8.27. The first-order valence-corrected chi connectivity index (χ1v) is 10.8. The van der Waals surface area contributed by atoms with Gasteiger partial charge in [0.2, 0.25) is 5.75 Å². The average molecular weight is 461 g/mol. The van der Waals surface area contributed by atoms with Crippen molar-refractivity contribution < 1.29 is 27.8 Å². The monoisotopic (exact) mass is 460 g/mol. The van der Waals surface area contributed by atoms with Crippen LogP contribution in [-0.2, 0) is 0 Å². The van der Waals surface area contributed by atoms with Crippen molar-refractivity contribution >= 4 is 12.0 Å². The van der Waals surface area contributed by atoms with Gasteiger partial charge in [0.05, 0.1) is 21.3 Å². The van der Waals surface area contributed by atoms with E-state index in [1.165, 1.54) is 33.5 Å². The highest BCUT2D eigenvalue weighted by molar-refractivity contribution is 5.96. The zero-order chi connectivity index (χ0) is 24.0. The van der Waals surface area contributed by atoms with Gasteiger partial charge in [-0.25, -0.2) is 8.78 Å². The average Bonchev–Trinajstić information content (AvgIpc) is 2.83. The molecule has 178 valence electrons. The Morgan fingerprint density at radius 1 is 1.12 bits per heavy atom. The van der Waals surface area contributed by atoms with Crippen LogP contribution in [0.5, 0.6) is 17.2 Å². The number of hydrogen-bond donors (Lipinski definition) is 1. The molecule has 1 saturated heterocycles. The Bertz CT molecular complexity index is 994. The molecule has 6 nitrogen and oxygen atoms in total. The van der Waals surface area contributed by atoms with Crippen molar-refractivity contribution in [3.63, 3.8) is 0 Å². The van der Waals surface area contributed by atoms with Crippen LogP contribution in [0.1, 0.15) is 35.7 Å². The van der Waals surface area contributed by atoms with Gasteiger partial charge in [0, 0.05) is 36.3 Å². The second-order valence-corrected chi connectivity index (χ2v) is 8.00. The lowest BCUT2D eigenvalue weighted by Gasteiger charge is -2.35. The van der Waals surface area contributed by atoms with Crippen molar-refractivity contribution in [1.29, 1.82) is 0 Å². The van der Waals surface area contributed by atoms with E-state index in [0.717, 1.165) is 31.0 Å². The normalized spacial score (nSPS) is 16.3. The maximum Gasteiger partial charge on any atom is 0.254 e. The third-order valence-corrected chi connectivity index (χ3v) is 5.67. The topological polar surface area (TPSA) is 60.0 Å². The molecule has 2 aromatic carbocycles. The van der Waals surface area contributed by atoms with Crippen molar-refractivity contribution in [2.45, 2.75) is 25.8 Å². The lowest BCUT2D eigenvalue weighted by atomic mass is 10.0. The fraction of sp³-hybridized carbons (Fsp3) is 0.400. The van der Waals surface area contributed by atoms with Crippen molar-refractivity contribution in [2.24, 2.45) is 0 Å². The van der Waals surface area contributed by atoms with Crippen LogP contribution in [0.3, 0.4) is 0 Å². The summed E-state index contributed by atoms with van der Waals surface area (Å²) in [5, 5.41) is 3.34. The van der Waals surface area contributed by atoms with E-state index in [9.17, 15) is 13.6 Å². The second kappa shape index (κ2) is 11.1. The molecule has 1 unspecified atom stereocenters. The van der Waals surface area contributed by atoms with Gasteiger partial charge >= 0.3 is 0 Å². The van der Waals surface area contributed by atoms with Gasteiger partial charge in [0.25, 0.3) is 5.91 Å². The van der Waals surface area contributed by atoms with Gasteiger partial charge < -0.3 is 24.4 Å². The highest BCUT2D eigenvalue weighted by Crippen LogP contribution is 2.38. The van der Waals surface area contributed by atoms with Gasteiger partial charge in [-0.05, 0) is 50.6 Å². The zero-order valence-electron chi connectivity index (χ0n) is 19.4. The molecule has 0 aliphatic carbocycles. The Morgan fingerprint density at radius 2 is 1.82 bits per heavy atom. The molecule has 0 bridgehead atoms. The summed E-state index contributed by atoms with van der Waals surface area (Å²) in [7, 11) is 4.50. The minimum absolute atomic E-state index is 0.0354. The lowest BCUT2D eigenvalue weighted by Crippen LogP contribution is -2.49. The third-order valence-electron chi connectivity index (χ3n) is 5.67. The van der Waals surface area contributed by atoms with Crippen LogP contribution in [0.2, 0.25) is 0 Å². The number of halogens is 2. The third kappa shape index (κ3) is 5.82. The highest BCUT2D eigenvalue weighted by Gasteiger charge is 2.28. The van der Waals surface area contributed by atoms with Crippen LogP contribution in [0.4, 0.5) is 8.78 Å². The fourth-order valence-corrected chi connectivity index (χ4v) is 4.03. The summed E-state index contributed by atoms with van der Waals surface area (Å²) >= 11 is 0. The van der Waals surface area contributed by atoms with Gasteiger partial charge in [-0.15, -0.1) is 0 Å². The molecule has 2 aromatic rings. The Hall–Kier alpha value is -3.13. The molecule has 1 heterocycles. The highest BCUT2D eigenvalue weighted by atomic mass is 19.1. The first-order valence-electron chi connectivity index (χ1n) is 10.8. The predicted molar refractivity (Wildman–Crippen MR) is 123 cm³/mol. The summed E-state index contributed by atoms with van der Waals surface area (Å²) < 4.78 is 43.6. The molecule has 0 aromatic heterocycles. The predicted octanol–water partition coefficient (Wildman–Crippen LogP) is 4.29. The van der Waals surface area contributed by atoms with Crippen LogP contribution >= 0.6 is 0 Å². The van der Waals surface area contributed by atoms with Crippen molar-refractivity contribution in [3.8, 4) is 17.2 Å². The standard InChI is InChI=1S/C25H30F2N2O4/c1-16(10-17-7-8-19(26)13-21(17)27)15-29(20-6-5-9-28-14-20)25(30)18-11-22(31-2)24(33-4)23(12-18)32-3/h7-8,10-13,20,28H,5-6,9,14-15H2,1-4H3/b16-10+. The number of hydrogen-bond acceptors (Lipinski definition) is 5. The van der Waals surface area contributed by atoms with Crippen LogP contribution in [-0.4, -0.2) is 57.8 Å². The van der Waals surface area contributed by atoms with Crippen LogP contribution < -0.4 is 19.5 Å². The second-order valence-electron chi connectivity index (χ2n) is 8.00. The summed E-state index contributed by atoms with van der Waals surface area (Å²) in [6, 6.07) is 6.68. The van der Waals surface area contributed by atoms with Crippen LogP contribution in [0.15, 0.2) is 35.9 Å². The quantitative estimate of drug-likeness (QED) is 0.637. The van der Waals surface area contributed by atoms with E-state index in [2.05, 4.69) is 5.32 Å². The molecule has 1 aliphatic heterocycles. The van der Waals surface area contributed by atoms with Crippen molar-refractivity contribution in [1.82, 2.24) is 10.2 Å². The molecular formula is C25H30F2N2O4. The van der Waals surface area contributed by atoms with E-state index in [1.807, 2.05) is 6.92 Å². The fourth-order valence-electron chi connectivity index (χ4n) is 4.03. The molecule has 1 amide bonds. The molecule has 3 rings (SSSR count). The number of nitrogens with zero attached hydrogens (tertiary/aromatic N) is 1. The summed E-state index contributed by atoms with van der Waals surface area (Å²) in [4.78, 5) is 15.5. The number of rotatable bonds is 8. The van der Waals surface area contributed by atoms with E-state index >= 15 is 0 Å². The van der Waals surface area contributed by atoms with E-state index in [0.29, 0.717) is 35.9 Å². The van der Waals surface area contributed by atoms with Gasteiger partial charge in [-0.3, -0.25) is 4.79 Å². The maximum absolute atomic E-state index is 14.1. The summed E-state index contributed by atoms with van der Waals surface area (Å²) in [6.07, 6.45) is 3.43. The molecule has 1 fully saturated rings.